The highest BCUT2D eigenvalue weighted by molar-refractivity contribution is 6.11. The molecule has 134 valence electrons. The molecule has 1 aromatic heterocycles. The third-order valence-electron chi connectivity index (χ3n) is 3.87. The number of ether oxygens (including phenoxy) is 1. The number of carbonyl (C=O) groups excluding carboxylic acids is 1. The van der Waals surface area contributed by atoms with Crippen LogP contribution in [0.1, 0.15) is 35.6 Å². The summed E-state index contributed by atoms with van der Waals surface area (Å²) >= 11 is 0. The molecule has 0 fully saturated rings. The molecule has 6 heteroatoms. The lowest BCUT2D eigenvalue weighted by atomic mass is 10.1. The van der Waals surface area contributed by atoms with Gasteiger partial charge in [-0.1, -0.05) is 0 Å². The fourth-order valence-electron chi connectivity index (χ4n) is 2.56. The summed E-state index contributed by atoms with van der Waals surface area (Å²) in [5.41, 5.74) is 2.88. The Labute approximate surface area is 151 Å². The maximum absolute atomic E-state index is 13.9. The van der Waals surface area contributed by atoms with Gasteiger partial charge in [-0.2, -0.15) is 0 Å². The van der Waals surface area contributed by atoms with Gasteiger partial charge in [-0.3, -0.25) is 4.79 Å². The molecule has 0 aliphatic carbocycles. The number of aromatic nitrogens is 2. The Balaban J connectivity index is 1.91. The highest BCUT2D eigenvalue weighted by Gasteiger charge is 2.16. The van der Waals surface area contributed by atoms with E-state index in [0.29, 0.717) is 33.9 Å². The van der Waals surface area contributed by atoms with Crippen LogP contribution < -0.4 is 10.1 Å². The summed E-state index contributed by atoms with van der Waals surface area (Å²) in [6, 6.07) is 9.47. The highest BCUT2D eigenvalue weighted by atomic mass is 19.1. The molecule has 5 nitrogen and oxygen atoms in total. The molecule has 0 atom stereocenters. The fourth-order valence-corrected chi connectivity index (χ4v) is 2.56. The predicted molar refractivity (Wildman–Crippen MR) is 99.1 cm³/mol. The summed E-state index contributed by atoms with van der Waals surface area (Å²) in [4.78, 5) is 21.4. The van der Waals surface area contributed by atoms with Crippen molar-refractivity contribution in [3.05, 3.63) is 59.2 Å². The summed E-state index contributed by atoms with van der Waals surface area (Å²) in [6.45, 7) is 7.48. The largest absolute Gasteiger partial charge is 0.491 e. The minimum absolute atomic E-state index is 0.0689. The van der Waals surface area contributed by atoms with Crippen molar-refractivity contribution in [2.24, 2.45) is 0 Å². The van der Waals surface area contributed by atoms with Gasteiger partial charge in [0.05, 0.1) is 28.6 Å². The summed E-state index contributed by atoms with van der Waals surface area (Å²) in [7, 11) is 0. The van der Waals surface area contributed by atoms with Crippen LogP contribution in [0.15, 0.2) is 36.4 Å². The molecule has 1 amide bonds. The summed E-state index contributed by atoms with van der Waals surface area (Å²) in [5, 5.41) is 2.76. The van der Waals surface area contributed by atoms with Gasteiger partial charge in [0.1, 0.15) is 17.1 Å². The molecule has 3 aromatic rings. The Morgan fingerprint density at radius 1 is 1.08 bits per heavy atom. The lowest BCUT2D eigenvalue weighted by Gasteiger charge is -2.11. The van der Waals surface area contributed by atoms with E-state index in [2.05, 4.69) is 15.3 Å². The number of nitrogens with zero attached hydrogens (tertiary/aromatic N) is 2. The highest BCUT2D eigenvalue weighted by Crippen LogP contribution is 2.22. The van der Waals surface area contributed by atoms with Gasteiger partial charge in [0.2, 0.25) is 0 Å². The maximum Gasteiger partial charge on any atom is 0.258 e. The Morgan fingerprint density at radius 2 is 1.73 bits per heavy atom. The van der Waals surface area contributed by atoms with E-state index in [0.717, 1.165) is 0 Å². The Morgan fingerprint density at radius 3 is 2.38 bits per heavy atom. The van der Waals surface area contributed by atoms with Crippen molar-refractivity contribution in [2.45, 2.75) is 33.8 Å². The number of hydrogen-bond donors (Lipinski definition) is 1. The second-order valence-corrected chi connectivity index (χ2v) is 6.36. The lowest BCUT2D eigenvalue weighted by Crippen LogP contribution is -2.14. The molecule has 0 aliphatic heterocycles. The van der Waals surface area contributed by atoms with Crippen LogP contribution in [-0.4, -0.2) is 22.0 Å². The molecule has 0 aliphatic rings. The smallest absolute Gasteiger partial charge is 0.258 e. The van der Waals surface area contributed by atoms with Crippen molar-refractivity contribution >= 4 is 22.6 Å². The number of rotatable bonds is 4. The van der Waals surface area contributed by atoms with Gasteiger partial charge >= 0.3 is 0 Å². The average molecular weight is 353 g/mol. The molecule has 3 rings (SSSR count). The van der Waals surface area contributed by atoms with Crippen molar-refractivity contribution in [1.29, 1.82) is 0 Å². The molecule has 0 saturated heterocycles. The molecule has 1 N–H and O–H groups in total. The number of fused-ring (bicyclic) bond motifs is 1. The molecule has 1 heterocycles. The Bertz CT molecular complexity index is 969. The average Bonchev–Trinajstić information content (AvgIpc) is 2.57. The molecule has 0 bridgehead atoms. The minimum atomic E-state index is -0.527. The maximum atomic E-state index is 13.9. The van der Waals surface area contributed by atoms with E-state index in [4.69, 9.17) is 4.74 Å². The van der Waals surface area contributed by atoms with Crippen LogP contribution in [0.2, 0.25) is 0 Å². The number of carbonyl (C=O) groups is 1. The van der Waals surface area contributed by atoms with Gasteiger partial charge in [0.15, 0.2) is 0 Å². The molecule has 0 radical (unpaired) electrons. The topological polar surface area (TPSA) is 64.1 Å². The van der Waals surface area contributed by atoms with E-state index >= 15 is 0 Å². The molecule has 0 spiro atoms. The first kappa shape index (κ1) is 17.8. The zero-order valence-corrected chi connectivity index (χ0v) is 15.1. The van der Waals surface area contributed by atoms with Gasteiger partial charge in [-0.05, 0) is 58.0 Å². The lowest BCUT2D eigenvalue weighted by molar-refractivity contribution is 0.102. The first-order valence-electron chi connectivity index (χ1n) is 8.36. The summed E-state index contributed by atoms with van der Waals surface area (Å²) in [6.07, 6.45) is 0.0689. The number of benzene rings is 2. The van der Waals surface area contributed by atoms with Crippen molar-refractivity contribution in [3.63, 3.8) is 0 Å². The van der Waals surface area contributed by atoms with E-state index in [-0.39, 0.29) is 11.7 Å². The zero-order valence-electron chi connectivity index (χ0n) is 15.1. The summed E-state index contributed by atoms with van der Waals surface area (Å²) in [5.74, 6) is -0.253. The number of amides is 1. The first-order valence-corrected chi connectivity index (χ1v) is 8.36. The Hall–Kier alpha value is -3.02. The van der Waals surface area contributed by atoms with Crippen LogP contribution in [0, 0.1) is 19.7 Å². The molecule has 2 aromatic carbocycles. The number of halogens is 1. The van der Waals surface area contributed by atoms with Gasteiger partial charge in [-0.15, -0.1) is 0 Å². The fraction of sp³-hybridized carbons (Fsp3) is 0.250. The van der Waals surface area contributed by atoms with Gasteiger partial charge in [0, 0.05) is 11.8 Å². The van der Waals surface area contributed by atoms with Crippen LogP contribution in [0.3, 0.4) is 0 Å². The molecular formula is C20H20FN3O2. The van der Waals surface area contributed by atoms with E-state index in [1.807, 2.05) is 13.8 Å². The van der Waals surface area contributed by atoms with E-state index < -0.39 is 11.7 Å². The first-order chi connectivity index (χ1) is 12.3. The Kier molecular flexibility index (Phi) is 4.84. The van der Waals surface area contributed by atoms with Crippen molar-refractivity contribution < 1.29 is 13.9 Å². The van der Waals surface area contributed by atoms with Crippen molar-refractivity contribution in [3.8, 4) is 5.75 Å². The number of hydrogen-bond acceptors (Lipinski definition) is 4. The monoisotopic (exact) mass is 353 g/mol. The standard InChI is InChI=1S/C20H20FN3O2/c1-11(2)26-16-7-5-15(6-8-16)24-20(25)17-9-14(21)10-18-19(17)23-13(4)12(3)22-18/h5-11H,1-4H3,(H,24,25). The van der Waals surface area contributed by atoms with Gasteiger partial charge in [0.25, 0.3) is 5.91 Å². The molecular weight excluding hydrogens is 333 g/mol. The van der Waals surface area contributed by atoms with E-state index in [1.54, 1.807) is 38.1 Å². The number of aryl methyl sites for hydroxylation is 2. The normalized spacial score (nSPS) is 11.0. The van der Waals surface area contributed by atoms with E-state index in [9.17, 15) is 9.18 Å². The van der Waals surface area contributed by atoms with Crippen LogP contribution >= 0.6 is 0 Å². The SMILES string of the molecule is Cc1nc2cc(F)cc(C(=O)Nc3ccc(OC(C)C)cc3)c2nc1C. The van der Waals surface area contributed by atoms with Crippen LogP contribution in [0.25, 0.3) is 11.0 Å². The van der Waals surface area contributed by atoms with Crippen molar-refractivity contribution in [2.75, 3.05) is 5.32 Å². The summed E-state index contributed by atoms with van der Waals surface area (Å²) < 4.78 is 19.5. The van der Waals surface area contributed by atoms with E-state index in [1.165, 1.54) is 12.1 Å². The van der Waals surface area contributed by atoms with Gasteiger partial charge in [-0.25, -0.2) is 14.4 Å². The van der Waals surface area contributed by atoms with Crippen molar-refractivity contribution in [1.82, 2.24) is 9.97 Å². The number of anilines is 1. The van der Waals surface area contributed by atoms with Gasteiger partial charge < -0.3 is 10.1 Å². The van der Waals surface area contributed by atoms with Crippen LogP contribution in [-0.2, 0) is 0 Å². The quantitative estimate of drug-likeness (QED) is 0.754. The number of nitrogens with one attached hydrogen (secondary N) is 1. The van der Waals surface area contributed by atoms with Crippen LogP contribution in [0.5, 0.6) is 5.75 Å². The molecule has 26 heavy (non-hydrogen) atoms. The zero-order chi connectivity index (χ0) is 18.8. The second-order valence-electron chi connectivity index (χ2n) is 6.36. The second kappa shape index (κ2) is 7.07. The molecule has 0 saturated carbocycles. The predicted octanol–water partition coefficient (Wildman–Crippen LogP) is 4.43. The van der Waals surface area contributed by atoms with Crippen LogP contribution in [0.4, 0.5) is 10.1 Å². The minimum Gasteiger partial charge on any atom is -0.491 e. The third kappa shape index (κ3) is 3.79. The molecule has 0 unspecified atom stereocenters. The third-order valence-corrected chi connectivity index (χ3v) is 3.87.